The molecule has 2 saturated carbocycles. The molecule has 35 heavy (non-hydrogen) atoms. The van der Waals surface area contributed by atoms with Gasteiger partial charge in [0.15, 0.2) is 0 Å². The van der Waals surface area contributed by atoms with E-state index in [2.05, 4.69) is 29.6 Å². The number of alkyl carbamates (subject to hydrolysis) is 1. The van der Waals surface area contributed by atoms with Crippen molar-refractivity contribution in [2.45, 2.75) is 56.5 Å². The third kappa shape index (κ3) is 4.64. The molecule has 2 aromatic carbocycles. The van der Waals surface area contributed by atoms with E-state index in [1.807, 2.05) is 24.3 Å². The summed E-state index contributed by atoms with van der Waals surface area (Å²) in [5.41, 5.74) is 4.73. The average molecular weight is 477 g/mol. The summed E-state index contributed by atoms with van der Waals surface area (Å²) in [7, 11) is 1.77. The molecule has 2 atom stereocenters. The van der Waals surface area contributed by atoms with Gasteiger partial charge < -0.3 is 20.1 Å². The van der Waals surface area contributed by atoms with Crippen molar-refractivity contribution in [1.82, 2.24) is 10.2 Å². The Morgan fingerprint density at radius 1 is 0.943 bits per heavy atom. The number of carbonyl (C=O) groups excluding carboxylic acids is 2. The molecule has 0 saturated heterocycles. The minimum Gasteiger partial charge on any atom is -0.481 e. The van der Waals surface area contributed by atoms with E-state index in [1.165, 1.54) is 22.3 Å². The van der Waals surface area contributed by atoms with Crippen molar-refractivity contribution in [3.63, 3.8) is 0 Å². The van der Waals surface area contributed by atoms with E-state index >= 15 is 0 Å². The molecule has 2 unspecified atom stereocenters. The van der Waals surface area contributed by atoms with Gasteiger partial charge in [-0.05, 0) is 54.4 Å². The number of amides is 2. The minimum atomic E-state index is -0.785. The molecule has 0 spiro atoms. The number of nitrogens with one attached hydrogen (secondary N) is 1. The number of aliphatic carboxylic acids is 1. The molecule has 0 radical (unpaired) electrons. The van der Waals surface area contributed by atoms with Gasteiger partial charge in [-0.3, -0.25) is 9.59 Å². The van der Waals surface area contributed by atoms with E-state index in [9.17, 15) is 14.4 Å². The number of benzene rings is 2. The second-order valence-corrected chi connectivity index (χ2v) is 10.1. The van der Waals surface area contributed by atoms with Crippen molar-refractivity contribution in [3.05, 3.63) is 59.7 Å². The maximum atomic E-state index is 13.0. The molecule has 7 heteroatoms. The third-order valence-electron chi connectivity index (χ3n) is 8.05. The largest absolute Gasteiger partial charge is 0.481 e. The number of nitrogens with zero attached hydrogens (tertiary/aromatic N) is 1. The number of hydrogen-bond acceptors (Lipinski definition) is 4. The van der Waals surface area contributed by atoms with Crippen LogP contribution in [0.4, 0.5) is 4.79 Å². The maximum absolute atomic E-state index is 13.0. The summed E-state index contributed by atoms with van der Waals surface area (Å²) in [5.74, 6) is -1.22. The van der Waals surface area contributed by atoms with Crippen molar-refractivity contribution in [2.24, 2.45) is 11.8 Å². The van der Waals surface area contributed by atoms with Crippen LogP contribution in [0.2, 0.25) is 0 Å². The Morgan fingerprint density at radius 2 is 1.57 bits per heavy atom. The number of carboxylic acids is 1. The van der Waals surface area contributed by atoms with E-state index in [4.69, 9.17) is 9.84 Å². The summed E-state index contributed by atoms with van der Waals surface area (Å²) in [4.78, 5) is 38.5. The van der Waals surface area contributed by atoms with Gasteiger partial charge in [0.25, 0.3) is 0 Å². The third-order valence-corrected chi connectivity index (χ3v) is 8.05. The molecular formula is C28H32N2O5. The second-order valence-electron chi connectivity index (χ2n) is 10.1. The SMILES string of the molecule is CN(C(=O)C1CCCC(NC(=O)OCC2c3ccccc3-c3ccccc32)C1)C1CC(C(=O)O)C1. The zero-order chi connectivity index (χ0) is 24.5. The predicted octanol–water partition coefficient (Wildman–Crippen LogP) is 4.41. The maximum Gasteiger partial charge on any atom is 0.407 e. The summed E-state index contributed by atoms with van der Waals surface area (Å²) in [6.07, 6.45) is 3.66. The van der Waals surface area contributed by atoms with Gasteiger partial charge in [0.1, 0.15) is 6.61 Å². The number of carboxylic acid groups (broad SMARTS) is 1. The highest BCUT2D eigenvalue weighted by molar-refractivity contribution is 5.80. The van der Waals surface area contributed by atoms with Crippen LogP contribution in [-0.2, 0) is 14.3 Å². The lowest BCUT2D eigenvalue weighted by Gasteiger charge is -2.41. The zero-order valence-corrected chi connectivity index (χ0v) is 20.0. The van der Waals surface area contributed by atoms with Crippen LogP contribution in [0.3, 0.4) is 0 Å². The van der Waals surface area contributed by atoms with Crippen LogP contribution in [0.15, 0.2) is 48.5 Å². The molecule has 3 aliphatic carbocycles. The molecule has 2 aromatic rings. The smallest absolute Gasteiger partial charge is 0.407 e. The van der Waals surface area contributed by atoms with Crippen LogP contribution in [-0.4, -0.2) is 53.7 Å². The van der Waals surface area contributed by atoms with Crippen molar-refractivity contribution in [3.8, 4) is 11.1 Å². The molecule has 184 valence electrons. The van der Waals surface area contributed by atoms with Gasteiger partial charge in [-0.25, -0.2) is 4.79 Å². The van der Waals surface area contributed by atoms with E-state index in [0.29, 0.717) is 19.3 Å². The number of hydrogen-bond donors (Lipinski definition) is 2. The Bertz CT molecular complexity index is 1080. The van der Waals surface area contributed by atoms with E-state index in [-0.39, 0.29) is 42.4 Å². The lowest BCUT2D eigenvalue weighted by Crippen LogP contribution is -2.51. The van der Waals surface area contributed by atoms with E-state index < -0.39 is 12.1 Å². The van der Waals surface area contributed by atoms with Crippen LogP contribution in [0.5, 0.6) is 0 Å². The van der Waals surface area contributed by atoms with E-state index in [0.717, 1.165) is 19.3 Å². The molecule has 2 N–H and O–H groups in total. The van der Waals surface area contributed by atoms with Gasteiger partial charge in [-0.2, -0.15) is 0 Å². The lowest BCUT2D eigenvalue weighted by atomic mass is 9.78. The van der Waals surface area contributed by atoms with Crippen LogP contribution >= 0.6 is 0 Å². The zero-order valence-electron chi connectivity index (χ0n) is 20.0. The standard InChI is InChI=1S/C28H32N2O5/c1-30(20-14-18(15-20)27(32)33)26(31)17-7-6-8-19(13-17)29-28(34)35-16-25-23-11-4-2-9-21(23)22-10-3-5-12-24(22)25/h2-5,9-12,17-20,25H,6-8,13-16H2,1H3,(H,29,34)(H,32,33). The highest BCUT2D eigenvalue weighted by atomic mass is 16.5. The molecular weight excluding hydrogens is 444 g/mol. The molecule has 0 aliphatic heterocycles. The van der Waals surface area contributed by atoms with Crippen LogP contribution in [0.1, 0.15) is 55.6 Å². The first-order valence-corrected chi connectivity index (χ1v) is 12.5. The number of rotatable bonds is 6. The van der Waals surface area contributed by atoms with Crippen LogP contribution < -0.4 is 5.32 Å². The molecule has 0 aromatic heterocycles. The Balaban J connectivity index is 1.14. The fourth-order valence-corrected chi connectivity index (χ4v) is 5.93. The predicted molar refractivity (Wildman–Crippen MR) is 131 cm³/mol. The average Bonchev–Trinajstić information content (AvgIpc) is 3.15. The van der Waals surface area contributed by atoms with Crippen molar-refractivity contribution in [2.75, 3.05) is 13.7 Å². The monoisotopic (exact) mass is 476 g/mol. The molecule has 0 bridgehead atoms. The fraction of sp³-hybridized carbons (Fsp3) is 0.464. The fourth-order valence-electron chi connectivity index (χ4n) is 5.93. The molecule has 3 aliphatic rings. The molecule has 0 heterocycles. The first-order valence-electron chi connectivity index (χ1n) is 12.5. The first kappa shape index (κ1) is 23.4. The number of ether oxygens (including phenoxy) is 1. The van der Waals surface area contributed by atoms with Crippen molar-refractivity contribution in [1.29, 1.82) is 0 Å². The highest BCUT2D eigenvalue weighted by Gasteiger charge is 2.40. The van der Waals surface area contributed by atoms with Gasteiger partial charge in [-0.1, -0.05) is 55.0 Å². The summed E-state index contributed by atoms with van der Waals surface area (Å²) >= 11 is 0. The number of carbonyl (C=O) groups is 3. The molecule has 2 fully saturated rings. The van der Waals surface area contributed by atoms with Gasteiger partial charge >= 0.3 is 12.1 Å². The Morgan fingerprint density at radius 3 is 2.20 bits per heavy atom. The summed E-state index contributed by atoms with van der Waals surface area (Å²) < 4.78 is 5.68. The summed E-state index contributed by atoms with van der Waals surface area (Å²) in [6.45, 7) is 0.268. The Labute approximate surface area is 205 Å². The second kappa shape index (κ2) is 9.72. The van der Waals surface area contributed by atoms with Crippen molar-refractivity contribution < 1.29 is 24.2 Å². The topological polar surface area (TPSA) is 95.9 Å². The quantitative estimate of drug-likeness (QED) is 0.644. The molecule has 2 amide bonds. The summed E-state index contributed by atoms with van der Waals surface area (Å²) in [6, 6.07) is 16.4. The first-order chi connectivity index (χ1) is 16.9. The lowest BCUT2D eigenvalue weighted by molar-refractivity contribution is -0.151. The Kier molecular flexibility index (Phi) is 6.50. The summed E-state index contributed by atoms with van der Waals surface area (Å²) in [5, 5.41) is 12.1. The Hall–Kier alpha value is -3.35. The highest BCUT2D eigenvalue weighted by Crippen LogP contribution is 2.44. The van der Waals surface area contributed by atoms with Crippen LogP contribution in [0.25, 0.3) is 11.1 Å². The van der Waals surface area contributed by atoms with Gasteiger partial charge in [0.05, 0.1) is 5.92 Å². The molecule has 5 rings (SSSR count). The van der Waals surface area contributed by atoms with Gasteiger partial charge in [-0.15, -0.1) is 0 Å². The molecule has 7 nitrogen and oxygen atoms in total. The van der Waals surface area contributed by atoms with E-state index in [1.54, 1.807) is 11.9 Å². The van der Waals surface area contributed by atoms with Gasteiger partial charge in [0, 0.05) is 31.0 Å². The van der Waals surface area contributed by atoms with Gasteiger partial charge in [0.2, 0.25) is 5.91 Å². The van der Waals surface area contributed by atoms with Crippen molar-refractivity contribution >= 4 is 18.0 Å². The minimum absolute atomic E-state index is 0.000863. The number of fused-ring (bicyclic) bond motifs is 3. The van der Waals surface area contributed by atoms with Crippen LogP contribution in [0, 0.1) is 11.8 Å². The normalized spacial score (nSPS) is 25.1.